The van der Waals surface area contributed by atoms with Crippen LogP contribution in [-0.4, -0.2) is 17.8 Å². The van der Waals surface area contributed by atoms with Gasteiger partial charge < -0.3 is 9.84 Å². The van der Waals surface area contributed by atoms with E-state index >= 15 is 0 Å². The highest BCUT2D eigenvalue weighted by Crippen LogP contribution is 2.16. The van der Waals surface area contributed by atoms with Crippen molar-refractivity contribution in [2.24, 2.45) is 0 Å². The fourth-order valence-corrected chi connectivity index (χ4v) is 1.02. The molecule has 0 fully saturated rings. The summed E-state index contributed by atoms with van der Waals surface area (Å²) in [7, 11) is 0. The molecule has 0 radical (unpaired) electrons. The summed E-state index contributed by atoms with van der Waals surface area (Å²) in [6, 6.07) is 7.81. The quantitative estimate of drug-likeness (QED) is 0.769. The van der Waals surface area contributed by atoms with E-state index in [1.807, 2.05) is 38.1 Å². The van der Waals surface area contributed by atoms with Gasteiger partial charge in [0.05, 0.1) is 6.10 Å². The number of para-hydroxylation sites is 1. The van der Waals surface area contributed by atoms with Crippen molar-refractivity contribution in [1.29, 1.82) is 0 Å². The SMILES string of the molecule is CCC(O)COc1ccccc1C. The highest BCUT2D eigenvalue weighted by Gasteiger charge is 2.02. The summed E-state index contributed by atoms with van der Waals surface area (Å²) < 4.78 is 5.44. The predicted molar refractivity (Wildman–Crippen MR) is 53.0 cm³/mol. The molecule has 0 bridgehead atoms. The maximum Gasteiger partial charge on any atom is 0.122 e. The van der Waals surface area contributed by atoms with Crippen LogP contribution in [0, 0.1) is 6.92 Å². The van der Waals surface area contributed by atoms with Crippen molar-refractivity contribution in [2.45, 2.75) is 26.4 Å². The van der Waals surface area contributed by atoms with E-state index in [1.54, 1.807) is 0 Å². The third kappa shape index (κ3) is 3.07. The van der Waals surface area contributed by atoms with Crippen LogP contribution in [0.3, 0.4) is 0 Å². The average Bonchev–Trinajstić information content (AvgIpc) is 2.16. The standard InChI is InChI=1S/C11H16O2/c1-3-10(12)8-13-11-7-5-4-6-9(11)2/h4-7,10,12H,3,8H2,1-2H3. The van der Waals surface area contributed by atoms with Gasteiger partial charge in [0.1, 0.15) is 12.4 Å². The molecule has 1 N–H and O–H groups in total. The third-order valence-electron chi connectivity index (χ3n) is 2.00. The van der Waals surface area contributed by atoms with Crippen molar-refractivity contribution < 1.29 is 9.84 Å². The molecule has 0 aromatic heterocycles. The van der Waals surface area contributed by atoms with Crippen LogP contribution < -0.4 is 4.74 Å². The maximum absolute atomic E-state index is 9.29. The molecule has 0 aliphatic carbocycles. The van der Waals surface area contributed by atoms with E-state index in [1.165, 1.54) is 0 Å². The predicted octanol–water partition coefficient (Wildman–Crippen LogP) is 2.14. The molecular weight excluding hydrogens is 164 g/mol. The van der Waals surface area contributed by atoms with E-state index in [2.05, 4.69) is 0 Å². The second-order valence-corrected chi connectivity index (χ2v) is 3.14. The first-order chi connectivity index (χ1) is 6.24. The molecule has 0 saturated heterocycles. The number of aryl methyl sites for hydroxylation is 1. The minimum Gasteiger partial charge on any atom is -0.491 e. The number of aliphatic hydroxyl groups is 1. The van der Waals surface area contributed by atoms with Crippen LogP contribution in [0.2, 0.25) is 0 Å². The number of rotatable bonds is 4. The topological polar surface area (TPSA) is 29.5 Å². The molecule has 1 aromatic rings. The fourth-order valence-electron chi connectivity index (χ4n) is 1.02. The van der Waals surface area contributed by atoms with Crippen LogP contribution in [0.15, 0.2) is 24.3 Å². The summed E-state index contributed by atoms with van der Waals surface area (Å²) in [5, 5.41) is 9.29. The van der Waals surface area contributed by atoms with Gasteiger partial charge in [0.25, 0.3) is 0 Å². The van der Waals surface area contributed by atoms with Gasteiger partial charge in [-0.25, -0.2) is 0 Å². The Labute approximate surface area is 79.2 Å². The first-order valence-corrected chi connectivity index (χ1v) is 4.60. The van der Waals surface area contributed by atoms with Crippen molar-refractivity contribution in [2.75, 3.05) is 6.61 Å². The molecule has 0 aliphatic heterocycles. The van der Waals surface area contributed by atoms with E-state index in [9.17, 15) is 5.11 Å². The highest BCUT2D eigenvalue weighted by atomic mass is 16.5. The Kier molecular flexibility index (Phi) is 3.77. The molecule has 1 atom stereocenters. The molecule has 2 nitrogen and oxygen atoms in total. The molecule has 0 heterocycles. The number of aliphatic hydroxyl groups excluding tert-OH is 1. The lowest BCUT2D eigenvalue weighted by atomic mass is 10.2. The zero-order valence-electron chi connectivity index (χ0n) is 8.16. The Balaban J connectivity index is 2.50. The Morgan fingerprint density at radius 2 is 2.08 bits per heavy atom. The average molecular weight is 180 g/mol. The largest absolute Gasteiger partial charge is 0.491 e. The molecule has 1 rings (SSSR count). The van der Waals surface area contributed by atoms with Gasteiger partial charge in [0, 0.05) is 0 Å². The smallest absolute Gasteiger partial charge is 0.122 e. The van der Waals surface area contributed by atoms with Crippen molar-refractivity contribution in [1.82, 2.24) is 0 Å². The van der Waals surface area contributed by atoms with Crippen LogP contribution in [0.5, 0.6) is 5.75 Å². The maximum atomic E-state index is 9.29. The lowest BCUT2D eigenvalue weighted by molar-refractivity contribution is 0.104. The van der Waals surface area contributed by atoms with Crippen LogP contribution in [-0.2, 0) is 0 Å². The molecule has 0 saturated carbocycles. The monoisotopic (exact) mass is 180 g/mol. The van der Waals surface area contributed by atoms with Gasteiger partial charge in [-0.1, -0.05) is 25.1 Å². The van der Waals surface area contributed by atoms with Crippen LogP contribution in [0.1, 0.15) is 18.9 Å². The molecule has 72 valence electrons. The van der Waals surface area contributed by atoms with Crippen molar-refractivity contribution >= 4 is 0 Å². The van der Waals surface area contributed by atoms with Crippen LogP contribution in [0.25, 0.3) is 0 Å². The van der Waals surface area contributed by atoms with Gasteiger partial charge in [-0.2, -0.15) is 0 Å². The Bertz CT molecular complexity index is 258. The zero-order valence-corrected chi connectivity index (χ0v) is 8.16. The fraction of sp³-hybridized carbons (Fsp3) is 0.455. The number of hydrogen-bond donors (Lipinski definition) is 1. The summed E-state index contributed by atoms with van der Waals surface area (Å²) in [6.45, 7) is 4.31. The summed E-state index contributed by atoms with van der Waals surface area (Å²) in [6.07, 6.45) is 0.367. The van der Waals surface area contributed by atoms with Crippen LogP contribution in [0.4, 0.5) is 0 Å². The van der Waals surface area contributed by atoms with Gasteiger partial charge >= 0.3 is 0 Å². The lowest BCUT2D eigenvalue weighted by Crippen LogP contribution is -2.16. The van der Waals surface area contributed by atoms with E-state index in [-0.39, 0.29) is 6.10 Å². The lowest BCUT2D eigenvalue weighted by Gasteiger charge is -2.11. The van der Waals surface area contributed by atoms with Gasteiger partial charge in [0.15, 0.2) is 0 Å². The minimum atomic E-state index is -0.361. The van der Waals surface area contributed by atoms with E-state index in [0.717, 1.165) is 17.7 Å². The molecular formula is C11H16O2. The van der Waals surface area contributed by atoms with E-state index in [4.69, 9.17) is 4.74 Å². The van der Waals surface area contributed by atoms with Gasteiger partial charge in [-0.15, -0.1) is 0 Å². The van der Waals surface area contributed by atoms with E-state index in [0.29, 0.717) is 6.61 Å². The first kappa shape index (κ1) is 10.1. The molecule has 1 unspecified atom stereocenters. The molecule has 2 heteroatoms. The van der Waals surface area contributed by atoms with E-state index < -0.39 is 0 Å². The summed E-state index contributed by atoms with van der Waals surface area (Å²) in [4.78, 5) is 0. The number of ether oxygens (including phenoxy) is 1. The van der Waals surface area contributed by atoms with Crippen molar-refractivity contribution in [3.63, 3.8) is 0 Å². The van der Waals surface area contributed by atoms with Gasteiger partial charge in [-0.05, 0) is 25.0 Å². The highest BCUT2D eigenvalue weighted by molar-refractivity contribution is 5.31. The summed E-state index contributed by atoms with van der Waals surface area (Å²) in [5.41, 5.74) is 1.10. The zero-order chi connectivity index (χ0) is 9.68. The molecule has 0 spiro atoms. The Morgan fingerprint density at radius 1 is 1.38 bits per heavy atom. The van der Waals surface area contributed by atoms with Crippen molar-refractivity contribution in [3.05, 3.63) is 29.8 Å². The van der Waals surface area contributed by atoms with Gasteiger partial charge in [-0.3, -0.25) is 0 Å². The van der Waals surface area contributed by atoms with Gasteiger partial charge in [0.2, 0.25) is 0 Å². The summed E-state index contributed by atoms with van der Waals surface area (Å²) >= 11 is 0. The normalized spacial score (nSPS) is 12.5. The second-order valence-electron chi connectivity index (χ2n) is 3.14. The molecule has 13 heavy (non-hydrogen) atoms. The Morgan fingerprint density at radius 3 is 2.69 bits per heavy atom. The number of benzene rings is 1. The second kappa shape index (κ2) is 4.87. The molecule has 0 amide bonds. The molecule has 1 aromatic carbocycles. The number of hydrogen-bond acceptors (Lipinski definition) is 2. The minimum absolute atomic E-state index is 0.361. The summed E-state index contributed by atoms with van der Waals surface area (Å²) in [5.74, 6) is 0.856. The first-order valence-electron chi connectivity index (χ1n) is 4.60. The van der Waals surface area contributed by atoms with Crippen LogP contribution >= 0.6 is 0 Å². The molecule has 0 aliphatic rings. The Hall–Kier alpha value is -1.02. The van der Waals surface area contributed by atoms with Crippen molar-refractivity contribution in [3.8, 4) is 5.75 Å². The third-order valence-corrected chi connectivity index (χ3v) is 2.00.